The van der Waals surface area contributed by atoms with E-state index in [1.165, 1.54) is 0 Å². The van der Waals surface area contributed by atoms with Crippen molar-refractivity contribution in [1.29, 1.82) is 0 Å². The summed E-state index contributed by atoms with van der Waals surface area (Å²) in [7, 11) is 0. The molecule has 0 aliphatic rings. The molecule has 13 heavy (non-hydrogen) atoms. The Bertz CT molecular complexity index is 322. The number of halogens is 5. The van der Waals surface area contributed by atoms with Crippen LogP contribution in [0.25, 0.3) is 0 Å². The number of nitrogens with zero attached hydrogens (tertiary/aromatic N) is 1. The maximum atomic E-state index is 12.4. The van der Waals surface area contributed by atoms with Crippen LogP contribution >= 0.6 is 50.1 Å². The third kappa shape index (κ3) is 2.73. The lowest BCUT2D eigenvalue weighted by Gasteiger charge is -2.06. The average Bonchev–Trinajstić information content (AvgIpc) is 2.08. The molecule has 0 bridgehead atoms. The van der Waals surface area contributed by atoms with Crippen molar-refractivity contribution in [2.24, 2.45) is 0 Å². The lowest BCUT2D eigenvalue weighted by Crippen LogP contribution is -1.98. The maximum Gasteiger partial charge on any atom is 0.281 e. The molecular weight excluding hydrogens is 378 g/mol. The van der Waals surface area contributed by atoms with Gasteiger partial charge in [0.25, 0.3) is 6.43 Å². The highest BCUT2D eigenvalue weighted by molar-refractivity contribution is 14.1. The van der Waals surface area contributed by atoms with Gasteiger partial charge in [-0.15, -0.1) is 0 Å². The summed E-state index contributed by atoms with van der Waals surface area (Å²) in [5, 5.41) is 0.595. The summed E-state index contributed by atoms with van der Waals surface area (Å²) in [6, 6.07) is 1.57. The van der Waals surface area contributed by atoms with Gasteiger partial charge < -0.3 is 0 Å². The lowest BCUT2D eigenvalue weighted by molar-refractivity contribution is 0.145. The third-order valence-corrected chi connectivity index (χ3v) is 3.42. The Hall–Kier alpha value is 0.510. The number of pyridine rings is 1. The maximum absolute atomic E-state index is 12.4. The van der Waals surface area contributed by atoms with Gasteiger partial charge in [0.15, 0.2) is 0 Å². The first-order chi connectivity index (χ1) is 6.06. The summed E-state index contributed by atoms with van der Waals surface area (Å²) in [6.07, 6.45) is -2.58. The molecule has 0 N–H and O–H groups in total. The third-order valence-electron chi connectivity index (χ3n) is 1.38. The lowest BCUT2D eigenvalue weighted by atomic mass is 10.2. The number of alkyl halides is 3. The fourth-order valence-corrected chi connectivity index (χ4v) is 2.70. The molecule has 0 saturated heterocycles. The second-order valence-corrected chi connectivity index (χ2v) is 4.26. The van der Waals surface area contributed by atoms with Crippen LogP contribution in [-0.4, -0.2) is 4.98 Å². The molecule has 0 saturated carbocycles. The van der Waals surface area contributed by atoms with Gasteiger partial charge in [-0.3, -0.25) is 0 Å². The smallest absolute Gasteiger partial charge is 0.234 e. The number of aromatic nitrogens is 1. The summed E-state index contributed by atoms with van der Waals surface area (Å²) >= 11 is 10.6. The molecule has 1 aromatic heterocycles. The van der Waals surface area contributed by atoms with Crippen molar-refractivity contribution in [2.75, 3.05) is 0 Å². The molecule has 0 aliphatic heterocycles. The van der Waals surface area contributed by atoms with Crippen LogP contribution in [0.1, 0.15) is 17.7 Å². The molecule has 1 heterocycles. The molecule has 1 nitrogen and oxygen atoms in total. The second kappa shape index (κ2) is 4.84. The van der Waals surface area contributed by atoms with Gasteiger partial charge in [-0.1, -0.05) is 27.5 Å². The van der Waals surface area contributed by atoms with Gasteiger partial charge in [0.2, 0.25) is 0 Å². The van der Waals surface area contributed by atoms with Crippen LogP contribution in [0.3, 0.4) is 0 Å². The van der Waals surface area contributed by atoms with Gasteiger partial charge in [0, 0.05) is 8.90 Å². The minimum atomic E-state index is -2.58. The van der Waals surface area contributed by atoms with E-state index in [0.717, 1.165) is 5.56 Å². The summed E-state index contributed by atoms with van der Waals surface area (Å²) in [5.74, 6) is 0. The minimum absolute atomic E-state index is 0.102. The molecule has 0 fully saturated rings. The Morgan fingerprint density at radius 3 is 2.69 bits per heavy atom. The highest BCUT2D eigenvalue weighted by atomic mass is 127. The Labute approximate surface area is 101 Å². The highest BCUT2D eigenvalue weighted by Gasteiger charge is 2.16. The van der Waals surface area contributed by atoms with Crippen molar-refractivity contribution in [3.63, 3.8) is 0 Å². The summed E-state index contributed by atoms with van der Waals surface area (Å²) < 4.78 is 25.2. The Morgan fingerprint density at radius 2 is 2.23 bits per heavy atom. The highest BCUT2D eigenvalue weighted by Crippen LogP contribution is 2.28. The van der Waals surface area contributed by atoms with Crippen LogP contribution in [0.2, 0.25) is 5.15 Å². The summed E-state index contributed by atoms with van der Waals surface area (Å²) in [5.41, 5.74) is 0.485. The van der Waals surface area contributed by atoms with Crippen molar-refractivity contribution in [2.45, 2.75) is 11.8 Å². The van der Waals surface area contributed by atoms with Crippen LogP contribution in [0, 0.1) is 3.57 Å². The van der Waals surface area contributed by atoms with E-state index in [0.29, 0.717) is 8.90 Å². The molecule has 0 unspecified atom stereocenters. The zero-order valence-corrected chi connectivity index (χ0v) is 10.7. The Balaban J connectivity index is 3.27. The number of hydrogen-bond acceptors (Lipinski definition) is 1. The molecule has 0 aromatic carbocycles. The van der Waals surface area contributed by atoms with Gasteiger partial charge in [-0.25, -0.2) is 13.8 Å². The van der Waals surface area contributed by atoms with E-state index in [1.54, 1.807) is 6.07 Å². The van der Waals surface area contributed by atoms with Crippen LogP contribution in [0.4, 0.5) is 8.78 Å². The van der Waals surface area contributed by atoms with Crippen molar-refractivity contribution >= 4 is 50.1 Å². The first-order valence-electron chi connectivity index (χ1n) is 3.25. The predicted octanol–water partition coefficient (Wildman–Crippen LogP) is 4.17. The fourth-order valence-electron chi connectivity index (χ4n) is 0.810. The van der Waals surface area contributed by atoms with Gasteiger partial charge in [0.1, 0.15) is 10.8 Å². The molecule has 0 aliphatic carbocycles. The molecule has 0 spiro atoms. The molecule has 6 heteroatoms. The van der Waals surface area contributed by atoms with Crippen molar-refractivity contribution in [1.82, 2.24) is 4.98 Å². The van der Waals surface area contributed by atoms with Crippen molar-refractivity contribution in [3.8, 4) is 0 Å². The standard InChI is InChI=1S/C7H4BrClF2IN/c8-2-3-1-4(9)13-6(5(3)12)7(10)11/h1,7H,2H2. The Morgan fingerprint density at radius 1 is 1.62 bits per heavy atom. The zero-order chi connectivity index (χ0) is 10.0. The minimum Gasteiger partial charge on any atom is -0.234 e. The quantitative estimate of drug-likeness (QED) is 0.425. The van der Waals surface area contributed by atoms with Crippen molar-refractivity contribution < 1.29 is 8.78 Å². The average molecular weight is 382 g/mol. The van der Waals surface area contributed by atoms with E-state index in [1.807, 2.05) is 22.6 Å². The number of rotatable bonds is 2. The number of hydrogen-bond donors (Lipinski definition) is 0. The topological polar surface area (TPSA) is 12.9 Å². The van der Waals surface area contributed by atoms with Gasteiger partial charge in [-0.05, 0) is 34.2 Å². The molecule has 1 rings (SSSR count). The fraction of sp³-hybridized carbons (Fsp3) is 0.286. The van der Waals surface area contributed by atoms with E-state index in [9.17, 15) is 8.78 Å². The van der Waals surface area contributed by atoms with Crippen LogP contribution in [-0.2, 0) is 5.33 Å². The SMILES string of the molecule is FC(F)c1nc(Cl)cc(CBr)c1I. The first kappa shape index (κ1) is 11.6. The van der Waals surface area contributed by atoms with Crippen LogP contribution < -0.4 is 0 Å². The first-order valence-corrected chi connectivity index (χ1v) is 5.83. The van der Waals surface area contributed by atoms with Gasteiger partial charge in [-0.2, -0.15) is 0 Å². The summed E-state index contributed by atoms with van der Waals surface area (Å²) in [6.45, 7) is 0. The monoisotopic (exact) mass is 381 g/mol. The van der Waals surface area contributed by atoms with E-state index in [-0.39, 0.29) is 10.8 Å². The molecular formula is C7H4BrClF2IN. The van der Waals surface area contributed by atoms with E-state index < -0.39 is 6.43 Å². The Kier molecular flexibility index (Phi) is 4.31. The molecule has 0 amide bonds. The molecule has 72 valence electrons. The zero-order valence-electron chi connectivity index (χ0n) is 6.20. The molecule has 1 aromatic rings. The second-order valence-electron chi connectivity index (χ2n) is 2.24. The normalized spacial score (nSPS) is 10.9. The van der Waals surface area contributed by atoms with E-state index in [2.05, 4.69) is 20.9 Å². The molecule has 0 atom stereocenters. The van der Waals surface area contributed by atoms with Crippen LogP contribution in [0.15, 0.2) is 6.07 Å². The van der Waals surface area contributed by atoms with E-state index in [4.69, 9.17) is 11.6 Å². The van der Waals surface area contributed by atoms with Gasteiger partial charge >= 0.3 is 0 Å². The van der Waals surface area contributed by atoms with Gasteiger partial charge in [0.05, 0.1) is 0 Å². The summed E-state index contributed by atoms with van der Waals surface area (Å²) in [4.78, 5) is 3.57. The van der Waals surface area contributed by atoms with Crippen molar-refractivity contribution in [3.05, 3.63) is 26.0 Å². The predicted molar refractivity (Wildman–Crippen MR) is 59.6 cm³/mol. The van der Waals surface area contributed by atoms with E-state index >= 15 is 0 Å². The molecule has 0 radical (unpaired) electrons. The largest absolute Gasteiger partial charge is 0.281 e. The van der Waals surface area contributed by atoms with Crippen LogP contribution in [0.5, 0.6) is 0 Å².